The van der Waals surface area contributed by atoms with E-state index < -0.39 is 6.03 Å². The summed E-state index contributed by atoms with van der Waals surface area (Å²) in [5, 5.41) is 2.84. The molecule has 2 amide bonds. The Morgan fingerprint density at radius 1 is 0.909 bits per heavy atom. The number of nitrogens with two attached hydrogens (primary N) is 1. The van der Waals surface area contributed by atoms with E-state index in [0.717, 1.165) is 31.2 Å². The van der Waals surface area contributed by atoms with Crippen molar-refractivity contribution in [1.82, 2.24) is 5.32 Å². The van der Waals surface area contributed by atoms with E-state index in [2.05, 4.69) is 29.6 Å². The zero-order valence-corrected chi connectivity index (χ0v) is 12.9. The molecular formula is C19H24N2O. The van der Waals surface area contributed by atoms with Gasteiger partial charge in [0, 0.05) is 0 Å². The van der Waals surface area contributed by atoms with Gasteiger partial charge in [-0.15, -0.1) is 0 Å². The lowest BCUT2D eigenvalue weighted by Crippen LogP contribution is -2.33. The summed E-state index contributed by atoms with van der Waals surface area (Å²) in [4.78, 5) is 11.2. The van der Waals surface area contributed by atoms with Gasteiger partial charge in [0.2, 0.25) is 0 Å². The third-order valence-corrected chi connectivity index (χ3v) is 3.82. The van der Waals surface area contributed by atoms with Crippen LogP contribution in [0, 0.1) is 0 Å². The summed E-state index contributed by atoms with van der Waals surface area (Å²) < 4.78 is 0. The van der Waals surface area contributed by atoms with E-state index in [-0.39, 0.29) is 6.04 Å². The zero-order chi connectivity index (χ0) is 15.6. The van der Waals surface area contributed by atoms with Crippen molar-refractivity contribution >= 4 is 6.03 Å². The summed E-state index contributed by atoms with van der Waals surface area (Å²) >= 11 is 0. The number of rotatable bonds is 8. The molecule has 2 aromatic rings. The molecule has 1 unspecified atom stereocenters. The molecule has 0 fully saturated rings. The predicted molar refractivity (Wildman–Crippen MR) is 90.5 cm³/mol. The number of carbonyl (C=O) groups is 1. The molecule has 3 nitrogen and oxygen atoms in total. The Hall–Kier alpha value is -2.29. The van der Waals surface area contributed by atoms with Gasteiger partial charge in [0.15, 0.2) is 0 Å². The number of hydrogen-bond donors (Lipinski definition) is 2. The van der Waals surface area contributed by atoms with Gasteiger partial charge in [-0.05, 0) is 30.4 Å². The number of aryl methyl sites for hydroxylation is 1. The second-order valence-corrected chi connectivity index (χ2v) is 5.56. The van der Waals surface area contributed by atoms with Crippen LogP contribution in [0.4, 0.5) is 4.79 Å². The minimum atomic E-state index is -0.460. The molecule has 0 aliphatic carbocycles. The molecule has 0 aromatic heterocycles. The second-order valence-electron chi connectivity index (χ2n) is 5.56. The van der Waals surface area contributed by atoms with E-state index in [1.165, 1.54) is 12.0 Å². The van der Waals surface area contributed by atoms with Crippen LogP contribution in [0.1, 0.15) is 42.9 Å². The number of amides is 2. The van der Waals surface area contributed by atoms with Crippen LogP contribution in [0.15, 0.2) is 60.7 Å². The lowest BCUT2D eigenvalue weighted by atomic mass is 9.99. The van der Waals surface area contributed by atoms with E-state index in [4.69, 9.17) is 5.73 Å². The number of hydrogen-bond acceptors (Lipinski definition) is 1. The van der Waals surface area contributed by atoms with Gasteiger partial charge < -0.3 is 11.1 Å². The van der Waals surface area contributed by atoms with Gasteiger partial charge in [-0.25, -0.2) is 4.79 Å². The number of primary amides is 1. The highest BCUT2D eigenvalue weighted by molar-refractivity contribution is 5.72. The lowest BCUT2D eigenvalue weighted by Gasteiger charge is -2.18. The van der Waals surface area contributed by atoms with Crippen LogP contribution in [0.25, 0.3) is 0 Å². The van der Waals surface area contributed by atoms with Crippen molar-refractivity contribution in [2.24, 2.45) is 5.73 Å². The first kappa shape index (κ1) is 16.1. The number of unbranched alkanes of at least 4 members (excludes halogenated alkanes) is 2. The molecule has 0 saturated heterocycles. The highest BCUT2D eigenvalue weighted by Crippen LogP contribution is 2.20. The van der Waals surface area contributed by atoms with E-state index >= 15 is 0 Å². The third kappa shape index (κ3) is 5.60. The van der Waals surface area contributed by atoms with Crippen molar-refractivity contribution in [3.8, 4) is 0 Å². The van der Waals surface area contributed by atoms with Crippen LogP contribution in [-0.4, -0.2) is 6.03 Å². The Balaban J connectivity index is 1.75. The second kappa shape index (κ2) is 8.88. The summed E-state index contributed by atoms with van der Waals surface area (Å²) in [6, 6.07) is 20.1. The normalized spacial score (nSPS) is 11.8. The molecule has 1 atom stereocenters. The van der Waals surface area contributed by atoms with E-state index in [0.29, 0.717) is 0 Å². The molecule has 116 valence electrons. The van der Waals surface area contributed by atoms with Gasteiger partial charge in [-0.2, -0.15) is 0 Å². The topological polar surface area (TPSA) is 55.1 Å². The molecule has 3 heteroatoms. The standard InChI is InChI=1S/C19H24N2O/c20-19(22)21-18(17-13-7-3-8-14-17)15-9-2-6-12-16-10-4-1-5-11-16/h1,3-5,7-8,10-11,13-14,18H,2,6,9,12,15H2,(H3,20,21,22). The Bertz CT molecular complexity index is 554. The van der Waals surface area contributed by atoms with Gasteiger partial charge in [0.1, 0.15) is 0 Å². The van der Waals surface area contributed by atoms with Crippen LogP contribution in [0.5, 0.6) is 0 Å². The molecular weight excluding hydrogens is 272 g/mol. The first-order chi connectivity index (χ1) is 10.8. The molecule has 3 N–H and O–H groups in total. The zero-order valence-electron chi connectivity index (χ0n) is 12.9. The van der Waals surface area contributed by atoms with Crippen molar-refractivity contribution in [1.29, 1.82) is 0 Å². The lowest BCUT2D eigenvalue weighted by molar-refractivity contribution is 0.244. The monoisotopic (exact) mass is 296 g/mol. The number of nitrogens with one attached hydrogen (secondary N) is 1. The van der Waals surface area contributed by atoms with Crippen LogP contribution < -0.4 is 11.1 Å². The molecule has 0 radical (unpaired) electrons. The summed E-state index contributed by atoms with van der Waals surface area (Å²) in [5.74, 6) is 0. The Morgan fingerprint density at radius 3 is 2.18 bits per heavy atom. The van der Waals surface area contributed by atoms with Crippen molar-refractivity contribution in [2.75, 3.05) is 0 Å². The average Bonchev–Trinajstić information content (AvgIpc) is 2.55. The molecule has 0 aliphatic heterocycles. The minimum Gasteiger partial charge on any atom is -0.352 e. The highest BCUT2D eigenvalue weighted by atomic mass is 16.2. The summed E-state index contributed by atoms with van der Waals surface area (Å²) in [6.07, 6.45) is 5.43. The Labute approximate surface area is 132 Å². The van der Waals surface area contributed by atoms with Crippen LogP contribution in [-0.2, 0) is 6.42 Å². The smallest absolute Gasteiger partial charge is 0.312 e. The first-order valence-corrected chi connectivity index (χ1v) is 7.90. The molecule has 2 aromatic carbocycles. The molecule has 0 heterocycles. The van der Waals surface area contributed by atoms with Gasteiger partial charge in [0.25, 0.3) is 0 Å². The third-order valence-electron chi connectivity index (χ3n) is 3.82. The summed E-state index contributed by atoms with van der Waals surface area (Å²) in [7, 11) is 0. The van der Waals surface area contributed by atoms with E-state index in [9.17, 15) is 4.79 Å². The van der Waals surface area contributed by atoms with Crippen LogP contribution in [0.2, 0.25) is 0 Å². The van der Waals surface area contributed by atoms with Crippen molar-refractivity contribution in [2.45, 2.75) is 38.1 Å². The largest absolute Gasteiger partial charge is 0.352 e. The SMILES string of the molecule is NC(=O)NC(CCCCCc1ccccc1)c1ccccc1. The fourth-order valence-electron chi connectivity index (χ4n) is 2.68. The van der Waals surface area contributed by atoms with Crippen molar-refractivity contribution < 1.29 is 4.79 Å². The summed E-state index contributed by atoms with van der Waals surface area (Å²) in [5.41, 5.74) is 7.79. The van der Waals surface area contributed by atoms with Crippen molar-refractivity contribution in [3.05, 3.63) is 71.8 Å². The van der Waals surface area contributed by atoms with Gasteiger partial charge in [0.05, 0.1) is 6.04 Å². The number of carbonyl (C=O) groups excluding carboxylic acids is 1. The maximum atomic E-state index is 11.2. The number of urea groups is 1. The fourth-order valence-corrected chi connectivity index (χ4v) is 2.68. The van der Waals surface area contributed by atoms with Gasteiger partial charge >= 0.3 is 6.03 Å². The molecule has 22 heavy (non-hydrogen) atoms. The van der Waals surface area contributed by atoms with Crippen molar-refractivity contribution in [3.63, 3.8) is 0 Å². The average molecular weight is 296 g/mol. The maximum Gasteiger partial charge on any atom is 0.312 e. The highest BCUT2D eigenvalue weighted by Gasteiger charge is 2.12. The van der Waals surface area contributed by atoms with E-state index in [1.807, 2.05) is 36.4 Å². The molecule has 0 spiro atoms. The minimum absolute atomic E-state index is 0.00965. The Kier molecular flexibility index (Phi) is 6.49. The fraction of sp³-hybridized carbons (Fsp3) is 0.316. The van der Waals surface area contributed by atoms with Crippen LogP contribution >= 0.6 is 0 Å². The predicted octanol–water partition coefficient (Wildman–Crippen LogP) is 4.20. The van der Waals surface area contributed by atoms with Gasteiger partial charge in [-0.3, -0.25) is 0 Å². The number of benzene rings is 2. The molecule has 0 saturated carbocycles. The molecule has 0 aliphatic rings. The van der Waals surface area contributed by atoms with Crippen LogP contribution in [0.3, 0.4) is 0 Å². The molecule has 0 bridgehead atoms. The first-order valence-electron chi connectivity index (χ1n) is 7.90. The quantitative estimate of drug-likeness (QED) is 0.705. The maximum absolute atomic E-state index is 11.2. The molecule has 2 rings (SSSR count). The summed E-state index contributed by atoms with van der Waals surface area (Å²) in [6.45, 7) is 0. The Morgan fingerprint density at radius 2 is 1.55 bits per heavy atom. The van der Waals surface area contributed by atoms with E-state index in [1.54, 1.807) is 0 Å². The van der Waals surface area contributed by atoms with Gasteiger partial charge in [-0.1, -0.05) is 73.5 Å².